The summed E-state index contributed by atoms with van der Waals surface area (Å²) in [5, 5.41) is 22.9. The van der Waals surface area contributed by atoms with Crippen LogP contribution in [-0.4, -0.2) is 15.0 Å². The van der Waals surface area contributed by atoms with Crippen molar-refractivity contribution in [1.82, 2.24) is 4.98 Å². The van der Waals surface area contributed by atoms with Gasteiger partial charge in [0.1, 0.15) is 11.4 Å². The average Bonchev–Trinajstić information content (AvgIpc) is 2.73. The van der Waals surface area contributed by atoms with Gasteiger partial charge in [0.05, 0.1) is 17.5 Å². The molecule has 18 heavy (non-hydrogen) atoms. The van der Waals surface area contributed by atoms with Crippen LogP contribution in [0.3, 0.4) is 0 Å². The van der Waals surface area contributed by atoms with E-state index in [1.165, 1.54) is 23.5 Å². The lowest BCUT2D eigenvalue weighted by Gasteiger charge is -2.05. The van der Waals surface area contributed by atoms with Crippen LogP contribution in [0.15, 0.2) is 24.4 Å². The van der Waals surface area contributed by atoms with Crippen LogP contribution in [0.5, 0.6) is 5.75 Å². The number of nitrogens with one attached hydrogen (secondary N) is 1. The summed E-state index contributed by atoms with van der Waals surface area (Å²) in [5.74, 6) is -0.145. The molecule has 2 rings (SSSR count). The van der Waals surface area contributed by atoms with Crippen LogP contribution in [0.4, 0.5) is 11.4 Å². The van der Waals surface area contributed by atoms with E-state index in [0.717, 1.165) is 10.9 Å². The Kier molecular flexibility index (Phi) is 3.63. The van der Waals surface area contributed by atoms with Gasteiger partial charge in [0.2, 0.25) is 0 Å². The lowest BCUT2D eigenvalue weighted by atomic mass is 10.2. The van der Waals surface area contributed by atoms with Gasteiger partial charge in [-0.05, 0) is 12.1 Å². The third kappa shape index (κ3) is 2.88. The SMILES string of the molecule is O=[N+]([O-])c1cc(O)ccc1NCc1cnc(Cl)s1. The molecule has 0 amide bonds. The number of aromatic nitrogens is 1. The number of hydrogen-bond acceptors (Lipinski definition) is 6. The first-order chi connectivity index (χ1) is 8.56. The second-order valence-corrected chi connectivity index (χ2v) is 5.09. The molecule has 0 atom stereocenters. The van der Waals surface area contributed by atoms with Gasteiger partial charge in [0.25, 0.3) is 5.69 Å². The Hall–Kier alpha value is -1.86. The van der Waals surface area contributed by atoms with Crippen LogP contribution >= 0.6 is 22.9 Å². The number of nitro benzene ring substituents is 1. The molecule has 0 saturated carbocycles. The van der Waals surface area contributed by atoms with Crippen LogP contribution in [0.1, 0.15) is 4.88 Å². The molecule has 2 N–H and O–H groups in total. The van der Waals surface area contributed by atoms with Gasteiger partial charge in [-0.1, -0.05) is 11.6 Å². The number of phenolic OH excluding ortho intramolecular Hbond substituents is 1. The summed E-state index contributed by atoms with van der Waals surface area (Å²) in [4.78, 5) is 15.0. The van der Waals surface area contributed by atoms with E-state index in [-0.39, 0.29) is 11.4 Å². The van der Waals surface area contributed by atoms with Crippen molar-refractivity contribution in [3.63, 3.8) is 0 Å². The number of anilines is 1. The van der Waals surface area contributed by atoms with Crippen molar-refractivity contribution in [3.05, 3.63) is 43.9 Å². The number of benzene rings is 1. The number of halogens is 1. The highest BCUT2D eigenvalue weighted by molar-refractivity contribution is 7.15. The van der Waals surface area contributed by atoms with Gasteiger partial charge >= 0.3 is 0 Å². The van der Waals surface area contributed by atoms with E-state index in [1.54, 1.807) is 6.20 Å². The van der Waals surface area contributed by atoms with Crippen LogP contribution in [0, 0.1) is 10.1 Å². The fourth-order valence-electron chi connectivity index (χ4n) is 1.37. The number of rotatable bonds is 4. The molecule has 0 bridgehead atoms. The molecule has 0 fully saturated rings. The molecule has 8 heteroatoms. The van der Waals surface area contributed by atoms with Gasteiger partial charge in [-0.2, -0.15) is 0 Å². The summed E-state index contributed by atoms with van der Waals surface area (Å²) in [7, 11) is 0. The number of thiazole rings is 1. The highest BCUT2D eigenvalue weighted by Gasteiger charge is 2.14. The summed E-state index contributed by atoms with van der Waals surface area (Å²) in [6.45, 7) is 0.385. The minimum atomic E-state index is -0.554. The van der Waals surface area contributed by atoms with Crippen molar-refractivity contribution in [2.45, 2.75) is 6.54 Å². The zero-order valence-electron chi connectivity index (χ0n) is 8.96. The van der Waals surface area contributed by atoms with Crippen molar-refractivity contribution in [2.75, 3.05) is 5.32 Å². The third-order valence-electron chi connectivity index (χ3n) is 2.16. The lowest BCUT2D eigenvalue weighted by Crippen LogP contribution is -2.01. The fourth-order valence-corrected chi connectivity index (χ4v) is 2.29. The van der Waals surface area contributed by atoms with E-state index < -0.39 is 4.92 Å². The second-order valence-electron chi connectivity index (χ2n) is 3.39. The molecule has 0 saturated heterocycles. The monoisotopic (exact) mass is 285 g/mol. The maximum atomic E-state index is 10.8. The summed E-state index contributed by atoms with van der Waals surface area (Å²) in [6, 6.07) is 3.94. The molecule has 0 aliphatic rings. The smallest absolute Gasteiger partial charge is 0.296 e. The molecule has 0 unspecified atom stereocenters. The summed E-state index contributed by atoms with van der Waals surface area (Å²) in [5.41, 5.74) is 0.160. The molecule has 2 aromatic rings. The maximum Gasteiger partial charge on any atom is 0.296 e. The molecule has 1 heterocycles. The largest absolute Gasteiger partial charge is 0.508 e. The summed E-state index contributed by atoms with van der Waals surface area (Å²) >= 11 is 6.98. The molecule has 94 valence electrons. The second kappa shape index (κ2) is 5.19. The first-order valence-electron chi connectivity index (χ1n) is 4.88. The lowest BCUT2D eigenvalue weighted by molar-refractivity contribution is -0.384. The van der Waals surface area contributed by atoms with Crippen molar-refractivity contribution >= 4 is 34.3 Å². The Morgan fingerprint density at radius 2 is 2.33 bits per heavy atom. The predicted octanol–water partition coefficient (Wildman–Crippen LogP) is 3.02. The first kappa shape index (κ1) is 12.6. The molecular formula is C10H8ClN3O3S. The number of hydrogen-bond donors (Lipinski definition) is 2. The van der Waals surface area contributed by atoms with E-state index in [4.69, 9.17) is 11.6 Å². The van der Waals surface area contributed by atoms with Crippen molar-refractivity contribution in [2.24, 2.45) is 0 Å². The quantitative estimate of drug-likeness (QED) is 0.512. The van der Waals surface area contributed by atoms with E-state index in [9.17, 15) is 15.2 Å². The van der Waals surface area contributed by atoms with Crippen LogP contribution in [0.25, 0.3) is 0 Å². The standard InChI is InChI=1S/C10H8ClN3O3S/c11-10-13-5-7(18-10)4-12-8-2-1-6(15)3-9(8)14(16)17/h1-3,5,12,15H,4H2. The summed E-state index contributed by atoms with van der Waals surface area (Å²) < 4.78 is 0.423. The topological polar surface area (TPSA) is 88.3 Å². The van der Waals surface area contributed by atoms with Crippen LogP contribution in [0.2, 0.25) is 4.47 Å². The van der Waals surface area contributed by atoms with Crippen LogP contribution < -0.4 is 5.32 Å². The van der Waals surface area contributed by atoms with Gasteiger partial charge in [0, 0.05) is 11.1 Å². The fraction of sp³-hybridized carbons (Fsp3) is 0.100. The van der Waals surface area contributed by atoms with E-state index >= 15 is 0 Å². The zero-order chi connectivity index (χ0) is 13.1. The van der Waals surface area contributed by atoms with E-state index in [0.29, 0.717) is 16.7 Å². The Bertz CT molecular complexity index is 587. The third-order valence-corrected chi connectivity index (χ3v) is 3.27. The molecule has 0 radical (unpaired) electrons. The number of nitro groups is 1. The Morgan fingerprint density at radius 1 is 1.56 bits per heavy atom. The Labute approximate surface area is 111 Å². The minimum absolute atomic E-state index is 0.145. The Morgan fingerprint density at radius 3 is 2.94 bits per heavy atom. The molecule has 1 aromatic heterocycles. The normalized spacial score (nSPS) is 10.3. The van der Waals surface area contributed by atoms with Crippen molar-refractivity contribution in [3.8, 4) is 5.75 Å². The van der Waals surface area contributed by atoms with Gasteiger partial charge in [-0.3, -0.25) is 10.1 Å². The first-order valence-corrected chi connectivity index (χ1v) is 6.07. The molecule has 0 aliphatic heterocycles. The van der Waals surface area contributed by atoms with Gasteiger partial charge in [0.15, 0.2) is 4.47 Å². The highest BCUT2D eigenvalue weighted by Crippen LogP contribution is 2.29. The minimum Gasteiger partial charge on any atom is -0.508 e. The van der Waals surface area contributed by atoms with Crippen molar-refractivity contribution < 1.29 is 10.0 Å². The molecular weight excluding hydrogens is 278 g/mol. The molecule has 0 aliphatic carbocycles. The predicted molar refractivity (Wildman–Crippen MR) is 69.2 cm³/mol. The van der Waals surface area contributed by atoms with Crippen molar-refractivity contribution in [1.29, 1.82) is 0 Å². The highest BCUT2D eigenvalue weighted by atomic mass is 35.5. The number of nitrogens with zero attached hydrogens (tertiary/aromatic N) is 2. The van der Waals surface area contributed by atoms with E-state index in [2.05, 4.69) is 10.3 Å². The summed E-state index contributed by atoms with van der Waals surface area (Å²) in [6.07, 6.45) is 1.60. The average molecular weight is 286 g/mol. The number of phenols is 1. The molecule has 1 aromatic carbocycles. The molecule has 6 nitrogen and oxygen atoms in total. The van der Waals surface area contributed by atoms with Gasteiger partial charge < -0.3 is 10.4 Å². The zero-order valence-corrected chi connectivity index (χ0v) is 10.5. The maximum absolute atomic E-state index is 10.8. The van der Waals surface area contributed by atoms with E-state index in [1.807, 2.05) is 0 Å². The van der Waals surface area contributed by atoms with Crippen LogP contribution in [-0.2, 0) is 6.54 Å². The van der Waals surface area contributed by atoms with Gasteiger partial charge in [-0.25, -0.2) is 4.98 Å². The molecule has 0 spiro atoms. The van der Waals surface area contributed by atoms with Gasteiger partial charge in [-0.15, -0.1) is 11.3 Å². The Balaban J connectivity index is 2.16. The number of aromatic hydroxyl groups is 1.